The van der Waals surface area contributed by atoms with Gasteiger partial charge in [0.2, 0.25) is 5.75 Å². The Morgan fingerprint density at radius 1 is 1.64 bits per heavy atom. The zero-order valence-corrected chi connectivity index (χ0v) is 9.08. The van der Waals surface area contributed by atoms with Crippen molar-refractivity contribution >= 4 is 21.6 Å². The van der Waals surface area contributed by atoms with Crippen molar-refractivity contribution < 1.29 is 9.66 Å². The lowest BCUT2D eigenvalue weighted by Crippen LogP contribution is -2.05. The second-order valence-corrected chi connectivity index (χ2v) is 4.22. The van der Waals surface area contributed by atoms with E-state index in [1.807, 2.05) is 13.0 Å². The van der Waals surface area contributed by atoms with Crippen LogP contribution in [0.4, 0.5) is 5.69 Å². The number of rotatable bonds is 1. The maximum atomic E-state index is 10.7. The smallest absolute Gasteiger partial charge is 0.312 e. The van der Waals surface area contributed by atoms with E-state index in [9.17, 15) is 10.1 Å². The first-order valence-electron chi connectivity index (χ1n) is 4.21. The van der Waals surface area contributed by atoms with Gasteiger partial charge in [0.1, 0.15) is 6.10 Å². The van der Waals surface area contributed by atoms with E-state index in [1.54, 1.807) is 0 Å². The largest absolute Gasteiger partial charge is 0.483 e. The molecular weight excluding hydrogens is 250 g/mol. The van der Waals surface area contributed by atoms with Crippen LogP contribution in [0.25, 0.3) is 0 Å². The average molecular weight is 258 g/mol. The standard InChI is InChI=1S/C9H8BrNO3/c1-5-2-6-3-7(10)4-8(11(12)13)9(6)14-5/h3-5H,2H2,1H3. The summed E-state index contributed by atoms with van der Waals surface area (Å²) >= 11 is 3.24. The van der Waals surface area contributed by atoms with E-state index in [0.717, 1.165) is 16.5 Å². The molecular formula is C9H8BrNO3. The fraction of sp³-hybridized carbons (Fsp3) is 0.333. The number of nitro groups is 1. The van der Waals surface area contributed by atoms with Crippen LogP contribution in [0.15, 0.2) is 16.6 Å². The van der Waals surface area contributed by atoms with E-state index in [4.69, 9.17) is 4.74 Å². The lowest BCUT2D eigenvalue weighted by molar-refractivity contribution is -0.385. The maximum absolute atomic E-state index is 10.7. The molecule has 0 saturated heterocycles. The van der Waals surface area contributed by atoms with E-state index in [0.29, 0.717) is 5.75 Å². The molecule has 1 aliphatic rings. The molecule has 0 spiro atoms. The van der Waals surface area contributed by atoms with E-state index >= 15 is 0 Å². The summed E-state index contributed by atoms with van der Waals surface area (Å²) in [5, 5.41) is 10.7. The summed E-state index contributed by atoms with van der Waals surface area (Å²) in [5.41, 5.74) is 0.942. The molecule has 14 heavy (non-hydrogen) atoms. The first-order valence-corrected chi connectivity index (χ1v) is 5.00. The molecule has 74 valence electrons. The normalized spacial score (nSPS) is 18.9. The summed E-state index contributed by atoms with van der Waals surface area (Å²) in [7, 11) is 0. The third kappa shape index (κ3) is 1.48. The molecule has 1 aliphatic heterocycles. The Balaban J connectivity index is 2.57. The topological polar surface area (TPSA) is 52.4 Å². The minimum Gasteiger partial charge on any atom is -0.483 e. The molecule has 4 nitrogen and oxygen atoms in total. The molecule has 1 aromatic rings. The molecule has 0 aliphatic carbocycles. The molecule has 0 radical (unpaired) electrons. The van der Waals surface area contributed by atoms with Gasteiger partial charge in [-0.25, -0.2) is 0 Å². The lowest BCUT2D eigenvalue weighted by Gasteiger charge is -2.03. The van der Waals surface area contributed by atoms with E-state index < -0.39 is 4.92 Å². The second kappa shape index (κ2) is 3.24. The number of nitro benzene ring substituents is 1. The number of halogens is 1. The van der Waals surface area contributed by atoms with Crippen molar-refractivity contribution in [1.29, 1.82) is 0 Å². The molecule has 0 aromatic heterocycles. The summed E-state index contributed by atoms with van der Waals surface area (Å²) in [4.78, 5) is 10.3. The number of hydrogen-bond donors (Lipinski definition) is 0. The Bertz CT molecular complexity index is 405. The van der Waals surface area contributed by atoms with E-state index in [2.05, 4.69) is 15.9 Å². The van der Waals surface area contributed by atoms with Crippen molar-refractivity contribution in [3.05, 3.63) is 32.3 Å². The Kier molecular flexibility index (Phi) is 2.19. The molecule has 0 amide bonds. The molecule has 1 unspecified atom stereocenters. The van der Waals surface area contributed by atoms with Crippen LogP contribution in [0.2, 0.25) is 0 Å². The highest BCUT2D eigenvalue weighted by Crippen LogP contribution is 2.39. The van der Waals surface area contributed by atoms with Gasteiger partial charge in [0.05, 0.1) is 4.92 Å². The van der Waals surface area contributed by atoms with Crippen LogP contribution in [-0.2, 0) is 6.42 Å². The van der Waals surface area contributed by atoms with Gasteiger partial charge >= 0.3 is 5.69 Å². The molecule has 1 aromatic carbocycles. The van der Waals surface area contributed by atoms with Crippen molar-refractivity contribution in [2.45, 2.75) is 19.4 Å². The average Bonchev–Trinajstić information content (AvgIpc) is 2.42. The summed E-state index contributed by atoms with van der Waals surface area (Å²) in [6.07, 6.45) is 0.758. The number of hydrogen-bond acceptors (Lipinski definition) is 3. The lowest BCUT2D eigenvalue weighted by atomic mass is 10.1. The van der Waals surface area contributed by atoms with Gasteiger partial charge in [-0.2, -0.15) is 0 Å². The minimum atomic E-state index is -0.415. The number of benzene rings is 1. The van der Waals surface area contributed by atoms with Gasteiger partial charge in [-0.05, 0) is 13.0 Å². The quantitative estimate of drug-likeness (QED) is 0.574. The summed E-state index contributed by atoms with van der Waals surface area (Å²) in [6, 6.07) is 3.34. The number of nitrogens with zero attached hydrogens (tertiary/aromatic N) is 1. The fourth-order valence-electron chi connectivity index (χ4n) is 1.61. The third-order valence-electron chi connectivity index (χ3n) is 2.13. The van der Waals surface area contributed by atoms with E-state index in [1.165, 1.54) is 6.07 Å². The van der Waals surface area contributed by atoms with Crippen LogP contribution in [0, 0.1) is 10.1 Å². The molecule has 0 fully saturated rings. The van der Waals surface area contributed by atoms with Crippen LogP contribution in [0.5, 0.6) is 5.75 Å². The monoisotopic (exact) mass is 257 g/mol. The predicted molar refractivity (Wildman–Crippen MR) is 54.6 cm³/mol. The zero-order valence-electron chi connectivity index (χ0n) is 7.49. The van der Waals surface area contributed by atoms with Crippen LogP contribution in [-0.4, -0.2) is 11.0 Å². The van der Waals surface area contributed by atoms with Crippen molar-refractivity contribution in [1.82, 2.24) is 0 Å². The Labute approximate surface area is 89.2 Å². The Hall–Kier alpha value is -1.10. The van der Waals surface area contributed by atoms with Crippen molar-refractivity contribution in [2.24, 2.45) is 0 Å². The molecule has 2 rings (SSSR count). The van der Waals surface area contributed by atoms with Crippen molar-refractivity contribution in [3.63, 3.8) is 0 Å². The van der Waals surface area contributed by atoms with Crippen LogP contribution < -0.4 is 4.74 Å². The van der Waals surface area contributed by atoms with E-state index in [-0.39, 0.29) is 11.8 Å². The summed E-state index contributed by atoms with van der Waals surface area (Å²) in [5.74, 6) is 0.422. The molecule has 0 N–H and O–H groups in total. The van der Waals surface area contributed by atoms with Crippen LogP contribution in [0.3, 0.4) is 0 Å². The molecule has 5 heteroatoms. The van der Waals surface area contributed by atoms with Crippen LogP contribution in [0.1, 0.15) is 12.5 Å². The highest BCUT2D eigenvalue weighted by atomic mass is 79.9. The van der Waals surface area contributed by atoms with Gasteiger partial charge in [-0.15, -0.1) is 0 Å². The molecule has 1 heterocycles. The van der Waals surface area contributed by atoms with Gasteiger partial charge in [-0.1, -0.05) is 15.9 Å². The summed E-state index contributed by atoms with van der Waals surface area (Å²) < 4.78 is 6.11. The number of ether oxygens (including phenoxy) is 1. The summed E-state index contributed by atoms with van der Waals surface area (Å²) in [6.45, 7) is 1.90. The first kappa shape index (κ1) is 9.45. The minimum absolute atomic E-state index is 0.0259. The highest BCUT2D eigenvalue weighted by molar-refractivity contribution is 9.10. The molecule has 0 saturated carbocycles. The van der Waals surface area contributed by atoms with Gasteiger partial charge in [-0.3, -0.25) is 10.1 Å². The van der Waals surface area contributed by atoms with Gasteiger partial charge < -0.3 is 4.74 Å². The van der Waals surface area contributed by atoms with Crippen molar-refractivity contribution in [2.75, 3.05) is 0 Å². The number of fused-ring (bicyclic) bond motifs is 1. The molecule has 0 bridgehead atoms. The second-order valence-electron chi connectivity index (χ2n) is 3.30. The zero-order chi connectivity index (χ0) is 10.3. The van der Waals surface area contributed by atoms with Crippen LogP contribution >= 0.6 is 15.9 Å². The fourth-order valence-corrected chi connectivity index (χ4v) is 2.10. The molecule has 1 atom stereocenters. The predicted octanol–water partition coefficient (Wildman–Crippen LogP) is 2.68. The maximum Gasteiger partial charge on any atom is 0.312 e. The Morgan fingerprint density at radius 3 is 3.00 bits per heavy atom. The third-order valence-corrected chi connectivity index (χ3v) is 2.59. The first-order chi connectivity index (χ1) is 6.58. The van der Waals surface area contributed by atoms with Gasteiger partial charge in [0, 0.05) is 22.5 Å². The highest BCUT2D eigenvalue weighted by Gasteiger charge is 2.28. The SMILES string of the molecule is CC1Cc2cc(Br)cc([N+](=O)[O-])c2O1. The Morgan fingerprint density at radius 2 is 2.36 bits per heavy atom. The van der Waals surface area contributed by atoms with Gasteiger partial charge in [0.25, 0.3) is 0 Å². The van der Waals surface area contributed by atoms with Crippen molar-refractivity contribution in [3.8, 4) is 5.75 Å². The van der Waals surface area contributed by atoms with Gasteiger partial charge in [0.15, 0.2) is 0 Å².